The maximum absolute atomic E-state index is 5.92. The smallest absolute Gasteiger partial charge is 0.214 e. The second-order valence-electron chi connectivity index (χ2n) is 6.77. The Bertz CT molecular complexity index is 1090. The predicted molar refractivity (Wildman–Crippen MR) is 127 cm³/mol. The van der Waals surface area contributed by atoms with Crippen LogP contribution in [0.15, 0.2) is 88.5 Å². The van der Waals surface area contributed by atoms with E-state index >= 15 is 0 Å². The van der Waals surface area contributed by atoms with Crippen molar-refractivity contribution in [3.63, 3.8) is 0 Å². The molecule has 1 aromatic heterocycles. The van der Waals surface area contributed by atoms with Gasteiger partial charge in [-0.3, -0.25) is 0 Å². The molecule has 4 aromatic rings. The van der Waals surface area contributed by atoms with Crippen molar-refractivity contribution in [3.8, 4) is 11.4 Å². The zero-order chi connectivity index (χ0) is 21.3. The number of hydrogen-bond acceptors (Lipinski definition) is 6. The lowest BCUT2D eigenvalue weighted by Crippen LogP contribution is -2.16. The van der Waals surface area contributed by atoms with E-state index in [2.05, 4.69) is 61.0 Å². The first kappa shape index (κ1) is 21.5. The number of rotatable bonds is 10. The van der Waals surface area contributed by atoms with E-state index in [0.29, 0.717) is 6.61 Å². The lowest BCUT2D eigenvalue weighted by molar-refractivity contribution is 0.304. The third-order valence-corrected chi connectivity index (χ3v) is 6.05. The Kier molecular flexibility index (Phi) is 7.71. The first-order valence-electron chi connectivity index (χ1n) is 9.92. The normalized spacial score (nSPS) is 10.9. The monoisotopic (exact) mass is 495 g/mol. The van der Waals surface area contributed by atoms with Crippen molar-refractivity contribution in [1.29, 1.82) is 0 Å². The molecule has 0 fully saturated rings. The fraction of sp³-hybridized carbons (Fsp3) is 0.174. The molecular weight excluding hydrogens is 474 g/mol. The highest BCUT2D eigenvalue weighted by Gasteiger charge is 2.08. The molecule has 4 rings (SSSR count). The summed E-state index contributed by atoms with van der Waals surface area (Å²) in [6.45, 7) is 2.18. The Hall–Kier alpha value is -2.68. The minimum Gasteiger partial charge on any atom is -0.488 e. The highest BCUT2D eigenvalue weighted by Crippen LogP contribution is 2.27. The quantitative estimate of drug-likeness (QED) is 0.249. The topological polar surface area (TPSA) is 64.9 Å². The lowest BCUT2D eigenvalue weighted by atomic mass is 10.2. The van der Waals surface area contributed by atoms with E-state index in [1.54, 1.807) is 16.4 Å². The van der Waals surface area contributed by atoms with Crippen molar-refractivity contribution in [2.75, 3.05) is 12.3 Å². The number of benzene rings is 3. The van der Waals surface area contributed by atoms with Crippen molar-refractivity contribution >= 4 is 27.7 Å². The van der Waals surface area contributed by atoms with E-state index in [1.165, 1.54) is 5.56 Å². The van der Waals surface area contributed by atoms with Crippen LogP contribution >= 0.6 is 27.7 Å². The van der Waals surface area contributed by atoms with Crippen LogP contribution in [0, 0.1) is 0 Å². The molecule has 3 aromatic carbocycles. The lowest BCUT2D eigenvalue weighted by Gasteiger charge is -2.10. The summed E-state index contributed by atoms with van der Waals surface area (Å²) < 4.78 is 8.64. The van der Waals surface area contributed by atoms with Gasteiger partial charge in [0.1, 0.15) is 12.4 Å². The second-order valence-corrected chi connectivity index (χ2v) is 8.69. The zero-order valence-electron chi connectivity index (χ0n) is 16.8. The van der Waals surface area contributed by atoms with Gasteiger partial charge >= 0.3 is 0 Å². The molecule has 0 unspecified atom stereocenters. The van der Waals surface area contributed by atoms with Gasteiger partial charge < -0.3 is 10.1 Å². The predicted octanol–water partition coefficient (Wildman–Crippen LogP) is 4.89. The summed E-state index contributed by atoms with van der Waals surface area (Å²) in [5, 5.41) is 16.3. The summed E-state index contributed by atoms with van der Waals surface area (Å²) in [5.41, 5.74) is 3.30. The van der Waals surface area contributed by atoms with Gasteiger partial charge in [0.2, 0.25) is 5.16 Å². The third kappa shape index (κ3) is 6.16. The standard InChI is InChI=1S/C23H22BrN5OS/c24-21-15-19(11-12-22(21)30-17-18-7-3-1-4-8-18)16-25-13-14-31-23-26-27-28-29(23)20-9-5-2-6-10-20/h1-12,15,25H,13-14,16-17H2. The van der Waals surface area contributed by atoms with E-state index in [4.69, 9.17) is 4.74 Å². The largest absolute Gasteiger partial charge is 0.488 e. The van der Waals surface area contributed by atoms with Crippen LogP contribution in [0.25, 0.3) is 5.69 Å². The van der Waals surface area contributed by atoms with E-state index in [0.717, 1.165) is 45.5 Å². The number of halogens is 1. The van der Waals surface area contributed by atoms with E-state index in [9.17, 15) is 0 Å². The minimum atomic E-state index is 0.552. The summed E-state index contributed by atoms with van der Waals surface area (Å²) >= 11 is 5.25. The van der Waals surface area contributed by atoms with Crippen molar-refractivity contribution in [2.45, 2.75) is 18.3 Å². The van der Waals surface area contributed by atoms with Crippen LogP contribution in [0.5, 0.6) is 5.75 Å². The molecule has 158 valence electrons. The first-order chi connectivity index (χ1) is 15.3. The molecule has 0 aliphatic heterocycles. The van der Waals surface area contributed by atoms with E-state index in [1.807, 2.05) is 54.6 Å². The number of nitrogens with zero attached hydrogens (tertiary/aromatic N) is 4. The molecule has 0 aliphatic rings. The molecule has 6 nitrogen and oxygen atoms in total. The Balaban J connectivity index is 1.22. The number of thioether (sulfide) groups is 1. The van der Waals surface area contributed by atoms with Crippen molar-refractivity contribution in [3.05, 3.63) is 94.5 Å². The molecule has 0 bridgehead atoms. The third-order valence-electron chi connectivity index (χ3n) is 4.51. The van der Waals surface area contributed by atoms with Crippen LogP contribution in [-0.2, 0) is 13.2 Å². The maximum Gasteiger partial charge on any atom is 0.214 e. The van der Waals surface area contributed by atoms with Gasteiger partial charge in [-0.25, -0.2) is 0 Å². The van der Waals surface area contributed by atoms with Crippen LogP contribution in [0.3, 0.4) is 0 Å². The minimum absolute atomic E-state index is 0.552. The highest BCUT2D eigenvalue weighted by molar-refractivity contribution is 9.10. The number of tetrazole rings is 1. The molecule has 0 saturated carbocycles. The molecule has 0 aliphatic carbocycles. The van der Waals surface area contributed by atoms with Gasteiger partial charge in [-0.2, -0.15) is 4.68 Å². The van der Waals surface area contributed by atoms with Crippen LogP contribution in [0.2, 0.25) is 0 Å². The van der Waals surface area contributed by atoms with Gasteiger partial charge in [-0.1, -0.05) is 66.4 Å². The summed E-state index contributed by atoms with van der Waals surface area (Å²) in [5.74, 6) is 1.71. The van der Waals surface area contributed by atoms with Crippen molar-refractivity contribution < 1.29 is 4.74 Å². The number of nitrogens with one attached hydrogen (secondary N) is 1. The van der Waals surface area contributed by atoms with Gasteiger partial charge in [-0.15, -0.1) is 5.10 Å². The summed E-state index contributed by atoms with van der Waals surface area (Å²) in [6, 6.07) is 26.2. The fourth-order valence-corrected chi connectivity index (χ4v) is 4.28. The van der Waals surface area contributed by atoms with E-state index in [-0.39, 0.29) is 0 Å². The summed E-state index contributed by atoms with van der Waals surface area (Å²) in [7, 11) is 0. The van der Waals surface area contributed by atoms with Crippen molar-refractivity contribution in [1.82, 2.24) is 25.5 Å². The van der Waals surface area contributed by atoms with Crippen molar-refractivity contribution in [2.24, 2.45) is 0 Å². The van der Waals surface area contributed by atoms with Gasteiger partial charge in [0, 0.05) is 18.8 Å². The van der Waals surface area contributed by atoms with Gasteiger partial charge in [0.25, 0.3) is 0 Å². The molecular formula is C23H22BrN5OS. The molecule has 0 saturated heterocycles. The number of hydrogen-bond donors (Lipinski definition) is 1. The summed E-state index contributed by atoms with van der Waals surface area (Å²) in [4.78, 5) is 0. The number of ether oxygens (including phenoxy) is 1. The Labute approximate surface area is 194 Å². The molecule has 0 radical (unpaired) electrons. The average molecular weight is 496 g/mol. The molecule has 0 spiro atoms. The van der Waals surface area contributed by atoms with Crippen LogP contribution < -0.4 is 10.1 Å². The highest BCUT2D eigenvalue weighted by atomic mass is 79.9. The van der Waals surface area contributed by atoms with Gasteiger partial charge in [0.05, 0.1) is 10.2 Å². The summed E-state index contributed by atoms with van der Waals surface area (Å²) in [6.07, 6.45) is 0. The van der Waals surface area contributed by atoms with Gasteiger partial charge in [-0.05, 0) is 61.7 Å². The number of aromatic nitrogens is 4. The first-order valence-corrected chi connectivity index (χ1v) is 11.7. The molecule has 31 heavy (non-hydrogen) atoms. The average Bonchev–Trinajstić information content (AvgIpc) is 3.28. The Morgan fingerprint density at radius 2 is 1.71 bits per heavy atom. The molecule has 8 heteroatoms. The SMILES string of the molecule is Brc1cc(CNCCSc2nnnn2-c2ccccc2)ccc1OCc1ccccc1. The van der Waals surface area contributed by atoms with E-state index < -0.39 is 0 Å². The zero-order valence-corrected chi connectivity index (χ0v) is 19.2. The Morgan fingerprint density at radius 3 is 2.48 bits per heavy atom. The fourth-order valence-electron chi connectivity index (χ4n) is 2.95. The van der Waals surface area contributed by atoms with Gasteiger partial charge in [0.15, 0.2) is 0 Å². The number of para-hydroxylation sites is 1. The van der Waals surface area contributed by atoms with Crippen LogP contribution in [0.1, 0.15) is 11.1 Å². The molecule has 0 atom stereocenters. The van der Waals surface area contributed by atoms with Crippen LogP contribution in [0.4, 0.5) is 0 Å². The Morgan fingerprint density at radius 1 is 0.935 bits per heavy atom. The molecule has 0 amide bonds. The molecule has 1 heterocycles. The second kappa shape index (κ2) is 11.1. The van der Waals surface area contributed by atoms with Crippen LogP contribution in [-0.4, -0.2) is 32.5 Å². The molecule has 1 N–H and O–H groups in total. The maximum atomic E-state index is 5.92.